The van der Waals surface area contributed by atoms with E-state index in [9.17, 15) is 14.7 Å². The molecule has 0 spiro atoms. The molecule has 2 rings (SSSR count). The molecule has 1 aliphatic heterocycles. The minimum atomic E-state index is -1.97. The molecule has 0 fully saturated rings. The fraction of sp³-hybridized carbons (Fsp3) is 0.474. The second kappa shape index (κ2) is 8.34. The molecule has 0 saturated heterocycles. The van der Waals surface area contributed by atoms with Crippen LogP contribution in [0.3, 0.4) is 0 Å². The minimum absolute atomic E-state index is 0.0907. The Bertz CT molecular complexity index is 580. The summed E-state index contributed by atoms with van der Waals surface area (Å²) in [5, 5.41) is 9.28. The maximum absolute atomic E-state index is 12.2. The van der Waals surface area contributed by atoms with E-state index in [1.165, 1.54) is 0 Å². The van der Waals surface area contributed by atoms with E-state index in [4.69, 9.17) is 0 Å². The van der Waals surface area contributed by atoms with E-state index in [2.05, 4.69) is 6.92 Å². The molecule has 0 aromatic heterocycles. The van der Waals surface area contributed by atoms with Crippen molar-refractivity contribution < 1.29 is 14.7 Å². The number of benzene rings is 1. The number of hydrogen-bond donors (Lipinski definition) is 1. The van der Waals surface area contributed by atoms with E-state index in [-0.39, 0.29) is 5.78 Å². The highest BCUT2D eigenvalue weighted by atomic mass is 32.3. The fourth-order valence-electron chi connectivity index (χ4n) is 3.05. The monoisotopic (exact) mass is 334 g/mol. The van der Waals surface area contributed by atoms with E-state index in [1.54, 1.807) is 6.08 Å². The van der Waals surface area contributed by atoms with Gasteiger partial charge in [-0.2, -0.15) is 0 Å². The summed E-state index contributed by atoms with van der Waals surface area (Å²) in [7, 11) is -1.97. The Morgan fingerprint density at radius 1 is 1.17 bits per heavy atom. The van der Waals surface area contributed by atoms with Gasteiger partial charge in [0.1, 0.15) is 0 Å². The van der Waals surface area contributed by atoms with Crippen LogP contribution in [-0.4, -0.2) is 21.9 Å². The zero-order valence-electron chi connectivity index (χ0n) is 13.8. The number of ketones is 1. The van der Waals surface area contributed by atoms with Crippen molar-refractivity contribution in [1.29, 1.82) is 0 Å². The molecule has 1 heterocycles. The number of unbranched alkanes of at least 4 members (excludes halogenated alkanes) is 3. The number of carbonyl (C=O) groups is 2. The van der Waals surface area contributed by atoms with Crippen LogP contribution < -0.4 is 0 Å². The lowest BCUT2D eigenvalue weighted by Crippen LogP contribution is -2.24. The maximum Gasteiger partial charge on any atom is 0.351 e. The third kappa shape index (κ3) is 4.47. The first-order valence-electron chi connectivity index (χ1n) is 8.37. The molecule has 1 aliphatic rings. The molecule has 23 heavy (non-hydrogen) atoms. The summed E-state index contributed by atoms with van der Waals surface area (Å²) in [6, 6.07) is 9.82. The molecule has 4 heteroatoms. The molecule has 0 amide bonds. The highest BCUT2D eigenvalue weighted by Gasteiger charge is 2.39. The van der Waals surface area contributed by atoms with Gasteiger partial charge in [0.05, 0.1) is 0 Å². The summed E-state index contributed by atoms with van der Waals surface area (Å²) in [4.78, 5) is 24.9. The Hall–Kier alpha value is -1.55. The van der Waals surface area contributed by atoms with Crippen LogP contribution in [0.1, 0.15) is 51.0 Å². The second-order valence-electron chi connectivity index (χ2n) is 6.12. The van der Waals surface area contributed by atoms with Crippen LogP contribution in [0.4, 0.5) is 4.79 Å². The number of carbonyl (C=O) groups excluding carboxylic acids is 1. The van der Waals surface area contributed by atoms with Crippen LogP contribution in [0.15, 0.2) is 41.3 Å². The quantitative estimate of drug-likeness (QED) is 0.670. The molecule has 0 bridgehead atoms. The zero-order chi connectivity index (χ0) is 16.7. The molecule has 1 N–H and O–H groups in total. The van der Waals surface area contributed by atoms with E-state index >= 15 is 0 Å². The van der Waals surface area contributed by atoms with Gasteiger partial charge < -0.3 is 5.11 Å². The van der Waals surface area contributed by atoms with Crippen molar-refractivity contribution in [3.63, 3.8) is 0 Å². The minimum Gasteiger partial charge on any atom is -0.474 e. The predicted molar refractivity (Wildman–Crippen MR) is 97.1 cm³/mol. The normalized spacial score (nSPS) is 23.9. The zero-order valence-corrected chi connectivity index (χ0v) is 14.6. The molecule has 0 aliphatic carbocycles. The summed E-state index contributed by atoms with van der Waals surface area (Å²) < 4.78 is 0. The average molecular weight is 334 g/mol. The van der Waals surface area contributed by atoms with Gasteiger partial charge in [-0.05, 0) is 35.1 Å². The van der Waals surface area contributed by atoms with E-state index in [0.717, 1.165) is 42.6 Å². The van der Waals surface area contributed by atoms with Crippen molar-refractivity contribution in [3.05, 3.63) is 46.9 Å². The van der Waals surface area contributed by atoms with Gasteiger partial charge in [-0.15, -0.1) is 10.0 Å². The summed E-state index contributed by atoms with van der Waals surface area (Å²) >= 11 is 0. The number of allylic oxidation sites excluding steroid dienone is 2. The van der Waals surface area contributed by atoms with Crippen molar-refractivity contribution in [2.24, 2.45) is 0 Å². The van der Waals surface area contributed by atoms with Crippen molar-refractivity contribution in [3.8, 4) is 0 Å². The number of hydrogen-bond acceptors (Lipinski definition) is 2. The lowest BCUT2D eigenvalue weighted by Gasteiger charge is -2.40. The molecule has 1 aromatic carbocycles. The second-order valence-corrected chi connectivity index (χ2v) is 9.46. The smallest absolute Gasteiger partial charge is 0.351 e. The van der Waals surface area contributed by atoms with Gasteiger partial charge in [-0.25, -0.2) is 4.79 Å². The first-order chi connectivity index (χ1) is 11.1. The SMILES string of the molecule is CCCCCCC1=CC(=O)CCS1(Cc1ccccc1)C(=O)O. The fourth-order valence-corrected chi connectivity index (χ4v) is 6.37. The van der Waals surface area contributed by atoms with Gasteiger partial charge in [0, 0.05) is 12.2 Å². The molecule has 1 atom stereocenters. The Labute approximate surface area is 140 Å². The van der Waals surface area contributed by atoms with E-state index in [0.29, 0.717) is 17.9 Å². The molecule has 0 radical (unpaired) electrons. The van der Waals surface area contributed by atoms with Crippen LogP contribution in [0.5, 0.6) is 0 Å². The standard InChI is InChI=1S/C19H26O3S/c1-2-3-4-8-11-18-14-17(20)12-13-23(18,19(21)22)15-16-9-6-5-7-10-16/h5-7,9-10,14H,2-4,8,11-13,15H2,1H3,(H,21,22). The first kappa shape index (κ1) is 17.8. The van der Waals surface area contributed by atoms with Gasteiger partial charge in [-0.1, -0.05) is 56.5 Å². The van der Waals surface area contributed by atoms with E-state index in [1.807, 2.05) is 30.3 Å². The van der Waals surface area contributed by atoms with Crippen LogP contribution in [0, 0.1) is 0 Å². The van der Waals surface area contributed by atoms with E-state index < -0.39 is 15.3 Å². The molecule has 0 saturated carbocycles. The molecule has 3 nitrogen and oxygen atoms in total. The van der Waals surface area contributed by atoms with Gasteiger partial charge in [-0.3, -0.25) is 4.79 Å². The summed E-state index contributed by atoms with van der Waals surface area (Å²) in [5.41, 5.74) is 1.05. The molecule has 1 aromatic rings. The highest BCUT2D eigenvalue weighted by Crippen LogP contribution is 2.62. The van der Waals surface area contributed by atoms with Gasteiger partial charge in [0.15, 0.2) is 5.78 Å². The third-order valence-electron chi connectivity index (χ3n) is 4.39. The highest BCUT2D eigenvalue weighted by molar-refractivity contribution is 8.47. The van der Waals surface area contributed by atoms with Crippen LogP contribution >= 0.6 is 10.0 Å². The van der Waals surface area contributed by atoms with Crippen molar-refractivity contribution in [1.82, 2.24) is 0 Å². The van der Waals surface area contributed by atoms with Gasteiger partial charge in [0.2, 0.25) is 0 Å². The Morgan fingerprint density at radius 2 is 1.91 bits per heavy atom. The lowest BCUT2D eigenvalue weighted by atomic mass is 10.1. The largest absolute Gasteiger partial charge is 0.474 e. The summed E-state index contributed by atoms with van der Waals surface area (Å²) in [6.07, 6.45) is 7.16. The molecule has 1 unspecified atom stereocenters. The predicted octanol–water partition coefficient (Wildman–Crippen LogP) is 5.50. The number of rotatable bonds is 7. The topological polar surface area (TPSA) is 54.4 Å². The molecule has 126 valence electrons. The molecular weight excluding hydrogens is 308 g/mol. The van der Waals surface area contributed by atoms with Crippen LogP contribution in [0.2, 0.25) is 0 Å². The average Bonchev–Trinajstić information content (AvgIpc) is 2.55. The first-order valence-corrected chi connectivity index (χ1v) is 10.3. The van der Waals surface area contributed by atoms with Gasteiger partial charge in [0.25, 0.3) is 0 Å². The Kier molecular flexibility index (Phi) is 6.46. The number of carboxylic acid groups (broad SMARTS) is 1. The van der Waals surface area contributed by atoms with Crippen molar-refractivity contribution in [2.45, 2.75) is 51.2 Å². The third-order valence-corrected chi connectivity index (χ3v) is 8.11. The Balaban J connectivity index is 2.24. The van der Waals surface area contributed by atoms with Gasteiger partial charge >= 0.3 is 5.30 Å². The maximum atomic E-state index is 12.2. The Morgan fingerprint density at radius 3 is 2.57 bits per heavy atom. The summed E-state index contributed by atoms with van der Waals surface area (Å²) in [6.45, 7) is 2.16. The lowest BCUT2D eigenvalue weighted by molar-refractivity contribution is -0.114. The van der Waals surface area contributed by atoms with Crippen LogP contribution in [0.25, 0.3) is 0 Å². The molecular formula is C19H26O3S. The van der Waals surface area contributed by atoms with Crippen molar-refractivity contribution in [2.75, 3.05) is 5.75 Å². The van der Waals surface area contributed by atoms with Crippen molar-refractivity contribution >= 4 is 21.1 Å². The summed E-state index contributed by atoms with van der Waals surface area (Å²) in [5.74, 6) is 1.14. The van der Waals surface area contributed by atoms with Crippen LogP contribution in [-0.2, 0) is 10.5 Å².